The molecule has 0 unspecified atom stereocenters. The van der Waals surface area contributed by atoms with Crippen LogP contribution in [0.5, 0.6) is 0 Å². The summed E-state index contributed by atoms with van der Waals surface area (Å²) in [4.78, 5) is 14.8. The van der Waals surface area contributed by atoms with E-state index in [9.17, 15) is 4.79 Å². The maximum Gasteiger partial charge on any atom is 0.198 e. The molecule has 2 aliphatic rings. The van der Waals surface area contributed by atoms with Crippen molar-refractivity contribution in [1.29, 1.82) is 0 Å². The lowest BCUT2D eigenvalue weighted by molar-refractivity contribution is 0.103. The van der Waals surface area contributed by atoms with Gasteiger partial charge in [0.15, 0.2) is 5.78 Å². The second-order valence-electron chi connectivity index (χ2n) is 4.67. The molecule has 0 aromatic carbocycles. The summed E-state index contributed by atoms with van der Waals surface area (Å²) in [7, 11) is 0. The van der Waals surface area contributed by atoms with Crippen molar-refractivity contribution in [2.75, 3.05) is 5.75 Å². The molecule has 0 spiro atoms. The van der Waals surface area contributed by atoms with E-state index >= 15 is 0 Å². The van der Waals surface area contributed by atoms with Gasteiger partial charge >= 0.3 is 0 Å². The van der Waals surface area contributed by atoms with Gasteiger partial charge in [-0.1, -0.05) is 6.08 Å². The van der Waals surface area contributed by atoms with Crippen LogP contribution in [0.15, 0.2) is 17.7 Å². The maximum atomic E-state index is 12.4. The zero-order valence-electron chi connectivity index (χ0n) is 9.83. The fourth-order valence-corrected chi connectivity index (χ4v) is 4.81. The highest BCUT2D eigenvalue weighted by Crippen LogP contribution is 2.33. The number of thioether (sulfide) groups is 1. The van der Waals surface area contributed by atoms with Crippen molar-refractivity contribution in [3.8, 4) is 0 Å². The van der Waals surface area contributed by atoms with E-state index in [1.807, 2.05) is 11.8 Å². The van der Waals surface area contributed by atoms with Crippen LogP contribution < -0.4 is 0 Å². The smallest absolute Gasteiger partial charge is 0.198 e. The molecule has 3 heteroatoms. The summed E-state index contributed by atoms with van der Waals surface area (Å²) in [5, 5.41) is 0. The molecule has 1 aliphatic carbocycles. The Bertz CT molecular complexity index is 447. The molecule has 0 amide bonds. The quantitative estimate of drug-likeness (QED) is 0.744. The van der Waals surface area contributed by atoms with E-state index in [1.54, 1.807) is 11.3 Å². The van der Waals surface area contributed by atoms with Gasteiger partial charge in [0, 0.05) is 10.6 Å². The largest absolute Gasteiger partial charge is 0.288 e. The summed E-state index contributed by atoms with van der Waals surface area (Å²) in [6.07, 6.45) is 7.79. The summed E-state index contributed by atoms with van der Waals surface area (Å²) < 4.78 is 0. The molecular weight excluding hydrogens is 248 g/mol. The average Bonchev–Trinajstić information content (AvgIpc) is 2.82. The zero-order chi connectivity index (χ0) is 11.7. The van der Waals surface area contributed by atoms with Crippen LogP contribution in [0.4, 0.5) is 0 Å². The number of thiophene rings is 1. The van der Waals surface area contributed by atoms with E-state index in [4.69, 9.17) is 0 Å². The number of ketones is 1. The van der Waals surface area contributed by atoms with Crippen LogP contribution in [0.2, 0.25) is 0 Å². The minimum absolute atomic E-state index is 0.300. The van der Waals surface area contributed by atoms with Crippen LogP contribution in [-0.2, 0) is 12.2 Å². The second-order valence-corrected chi connectivity index (χ2v) is 6.91. The van der Waals surface area contributed by atoms with Crippen LogP contribution in [0.25, 0.3) is 0 Å². The molecule has 17 heavy (non-hydrogen) atoms. The Morgan fingerprint density at radius 3 is 2.94 bits per heavy atom. The molecule has 3 rings (SSSR count). The normalized spacial score (nSPS) is 19.6. The van der Waals surface area contributed by atoms with Crippen LogP contribution in [0.3, 0.4) is 0 Å². The third-order valence-corrected chi connectivity index (χ3v) is 5.68. The predicted octanol–water partition coefficient (Wildman–Crippen LogP) is 4.22. The predicted molar refractivity (Wildman–Crippen MR) is 75.1 cm³/mol. The molecule has 0 fully saturated rings. The van der Waals surface area contributed by atoms with E-state index < -0.39 is 0 Å². The highest BCUT2D eigenvalue weighted by molar-refractivity contribution is 7.98. The molecule has 0 N–H and O–H groups in total. The number of hydrogen-bond donors (Lipinski definition) is 0. The second kappa shape index (κ2) is 4.99. The lowest BCUT2D eigenvalue weighted by Gasteiger charge is -2.10. The molecule has 0 saturated carbocycles. The van der Waals surface area contributed by atoms with Gasteiger partial charge in [-0.05, 0) is 55.1 Å². The van der Waals surface area contributed by atoms with Crippen molar-refractivity contribution < 1.29 is 4.79 Å². The van der Waals surface area contributed by atoms with Crippen LogP contribution in [0, 0.1) is 0 Å². The number of aryl methyl sites for hydroxylation is 1. The molecule has 1 aromatic heterocycles. The first-order chi connectivity index (χ1) is 8.34. The van der Waals surface area contributed by atoms with E-state index in [2.05, 4.69) is 12.1 Å². The monoisotopic (exact) mass is 264 g/mol. The number of carbonyl (C=O) groups excluding carboxylic acids is 1. The topological polar surface area (TPSA) is 17.1 Å². The minimum Gasteiger partial charge on any atom is -0.288 e. The SMILES string of the molecule is O=C(C1=CCCCC1)c1cc2c(s1)CCSC2. The highest BCUT2D eigenvalue weighted by Gasteiger charge is 2.20. The first kappa shape index (κ1) is 11.5. The molecule has 1 nitrogen and oxygen atoms in total. The summed E-state index contributed by atoms with van der Waals surface area (Å²) in [5.74, 6) is 2.61. The Balaban J connectivity index is 1.86. The van der Waals surface area contributed by atoms with E-state index in [-0.39, 0.29) is 0 Å². The molecule has 0 bridgehead atoms. The lowest BCUT2D eigenvalue weighted by Crippen LogP contribution is -2.04. The number of allylic oxidation sites excluding steroid dienone is 2. The van der Waals surface area contributed by atoms with Gasteiger partial charge in [-0.15, -0.1) is 11.3 Å². The Kier molecular flexibility index (Phi) is 3.39. The fraction of sp³-hybridized carbons (Fsp3) is 0.500. The van der Waals surface area contributed by atoms with E-state index in [0.717, 1.165) is 35.5 Å². The number of Topliss-reactive ketones (excluding diaryl/α,β-unsaturated/α-hetero) is 1. The Hall–Kier alpha value is -0.540. The standard InChI is InChI=1S/C14H16OS2/c15-14(10-4-2-1-3-5-10)13-8-11-9-16-7-6-12(11)17-13/h4,8H,1-3,5-7,9H2. The third-order valence-electron chi connectivity index (χ3n) is 3.43. The van der Waals surface area contributed by atoms with Gasteiger partial charge in [0.05, 0.1) is 4.88 Å². The Morgan fingerprint density at radius 1 is 1.24 bits per heavy atom. The van der Waals surface area contributed by atoms with E-state index in [0.29, 0.717) is 5.78 Å². The Labute approximate surface area is 110 Å². The van der Waals surface area contributed by atoms with Gasteiger partial charge in [0.1, 0.15) is 0 Å². The van der Waals surface area contributed by atoms with Crippen molar-refractivity contribution in [2.24, 2.45) is 0 Å². The van der Waals surface area contributed by atoms with Crippen LogP contribution >= 0.6 is 23.1 Å². The maximum absolute atomic E-state index is 12.4. The van der Waals surface area contributed by atoms with Crippen LogP contribution in [-0.4, -0.2) is 11.5 Å². The van der Waals surface area contributed by atoms with Gasteiger partial charge < -0.3 is 0 Å². The number of hydrogen-bond acceptors (Lipinski definition) is 3. The van der Waals surface area contributed by atoms with Gasteiger partial charge in [-0.25, -0.2) is 0 Å². The third kappa shape index (κ3) is 2.36. The highest BCUT2D eigenvalue weighted by atomic mass is 32.2. The Morgan fingerprint density at radius 2 is 2.18 bits per heavy atom. The average molecular weight is 264 g/mol. The van der Waals surface area contributed by atoms with Gasteiger partial charge in [-0.2, -0.15) is 11.8 Å². The number of carbonyl (C=O) groups is 1. The van der Waals surface area contributed by atoms with Gasteiger partial charge in [0.25, 0.3) is 0 Å². The molecule has 0 atom stereocenters. The molecular formula is C14H16OS2. The van der Waals surface area contributed by atoms with Crippen molar-refractivity contribution in [3.05, 3.63) is 33.0 Å². The molecule has 0 radical (unpaired) electrons. The number of rotatable bonds is 2. The van der Waals surface area contributed by atoms with Crippen molar-refractivity contribution >= 4 is 28.9 Å². The zero-order valence-corrected chi connectivity index (χ0v) is 11.5. The van der Waals surface area contributed by atoms with Gasteiger partial charge in [0.2, 0.25) is 0 Å². The van der Waals surface area contributed by atoms with Gasteiger partial charge in [-0.3, -0.25) is 4.79 Å². The first-order valence-electron chi connectivity index (χ1n) is 6.27. The van der Waals surface area contributed by atoms with Crippen molar-refractivity contribution in [2.45, 2.75) is 37.9 Å². The van der Waals surface area contributed by atoms with Crippen molar-refractivity contribution in [1.82, 2.24) is 0 Å². The summed E-state index contributed by atoms with van der Waals surface area (Å²) >= 11 is 3.71. The number of fused-ring (bicyclic) bond motifs is 1. The molecule has 90 valence electrons. The summed E-state index contributed by atoms with van der Waals surface area (Å²) in [6.45, 7) is 0. The lowest BCUT2D eigenvalue weighted by atomic mass is 9.96. The molecule has 0 saturated heterocycles. The van der Waals surface area contributed by atoms with Crippen molar-refractivity contribution in [3.63, 3.8) is 0 Å². The summed E-state index contributed by atoms with van der Waals surface area (Å²) in [5.41, 5.74) is 2.47. The molecule has 1 aliphatic heterocycles. The summed E-state index contributed by atoms with van der Waals surface area (Å²) in [6, 6.07) is 2.14. The minimum atomic E-state index is 0.300. The molecule has 1 aromatic rings. The van der Waals surface area contributed by atoms with Crippen LogP contribution in [0.1, 0.15) is 45.8 Å². The molecule has 2 heterocycles. The first-order valence-corrected chi connectivity index (χ1v) is 8.25. The van der Waals surface area contributed by atoms with E-state index in [1.165, 1.54) is 29.0 Å². The fourth-order valence-electron chi connectivity index (χ4n) is 2.46.